The summed E-state index contributed by atoms with van der Waals surface area (Å²) in [4.78, 5) is 7.24. The molecule has 0 bridgehead atoms. The Morgan fingerprint density at radius 2 is 1.67 bits per heavy atom. The molecule has 2 rings (SSSR count). The highest BCUT2D eigenvalue weighted by Crippen LogP contribution is 2.37. The van der Waals surface area contributed by atoms with Gasteiger partial charge in [-0.1, -0.05) is 0 Å². The maximum atomic E-state index is 13.5. The molecule has 0 aliphatic heterocycles. The molecule has 0 spiro atoms. The molecule has 0 amide bonds. The van der Waals surface area contributed by atoms with Crippen molar-refractivity contribution in [1.82, 2.24) is 9.97 Å². The third-order valence-corrected chi connectivity index (χ3v) is 2.43. The van der Waals surface area contributed by atoms with Crippen LogP contribution >= 0.6 is 0 Å². The van der Waals surface area contributed by atoms with Crippen molar-refractivity contribution in [2.24, 2.45) is 0 Å². The van der Waals surface area contributed by atoms with Crippen LogP contribution in [-0.2, 0) is 6.18 Å². The van der Waals surface area contributed by atoms with Crippen LogP contribution in [0.15, 0.2) is 30.6 Å². The van der Waals surface area contributed by atoms with Crippen molar-refractivity contribution in [1.29, 1.82) is 0 Å². The normalized spacial score (nSPS) is 11.6. The molecular formula is C12H8F4N2. The summed E-state index contributed by atoms with van der Waals surface area (Å²) in [5.74, 6) is -0.832. The van der Waals surface area contributed by atoms with Crippen molar-refractivity contribution in [2.45, 2.75) is 13.1 Å². The lowest BCUT2D eigenvalue weighted by Gasteiger charge is -2.14. The number of halogens is 4. The zero-order valence-corrected chi connectivity index (χ0v) is 9.29. The maximum Gasteiger partial charge on any atom is 0.418 e. The third kappa shape index (κ3) is 2.18. The maximum absolute atomic E-state index is 13.5. The number of aryl methyl sites for hydroxylation is 1. The van der Waals surface area contributed by atoms with Crippen LogP contribution in [0.1, 0.15) is 11.1 Å². The highest BCUT2D eigenvalue weighted by atomic mass is 19.4. The van der Waals surface area contributed by atoms with Crippen LogP contribution in [0.2, 0.25) is 0 Å². The SMILES string of the molecule is Cc1ccnc(-c2ncccc2F)c1C(F)(F)F. The van der Waals surface area contributed by atoms with Crippen molar-refractivity contribution in [2.75, 3.05) is 0 Å². The number of hydrogen-bond donors (Lipinski definition) is 0. The average molecular weight is 256 g/mol. The minimum atomic E-state index is -4.60. The van der Waals surface area contributed by atoms with Gasteiger partial charge in [0, 0.05) is 12.4 Å². The summed E-state index contributed by atoms with van der Waals surface area (Å²) in [6.07, 6.45) is -2.17. The molecule has 0 radical (unpaired) electrons. The van der Waals surface area contributed by atoms with Gasteiger partial charge in [0.25, 0.3) is 0 Å². The molecule has 0 aromatic carbocycles. The number of alkyl halides is 3. The van der Waals surface area contributed by atoms with E-state index in [2.05, 4.69) is 9.97 Å². The van der Waals surface area contributed by atoms with E-state index < -0.39 is 28.9 Å². The number of hydrogen-bond acceptors (Lipinski definition) is 2. The fraction of sp³-hybridized carbons (Fsp3) is 0.167. The van der Waals surface area contributed by atoms with Gasteiger partial charge >= 0.3 is 6.18 Å². The Balaban J connectivity index is 2.73. The predicted molar refractivity (Wildman–Crippen MR) is 57.2 cm³/mol. The molecular weight excluding hydrogens is 248 g/mol. The van der Waals surface area contributed by atoms with Crippen LogP contribution in [0, 0.1) is 12.7 Å². The van der Waals surface area contributed by atoms with E-state index in [1.807, 2.05) is 0 Å². The Kier molecular flexibility index (Phi) is 3.02. The Bertz CT molecular complexity index is 579. The van der Waals surface area contributed by atoms with Gasteiger partial charge < -0.3 is 0 Å². The summed E-state index contributed by atoms with van der Waals surface area (Å²) in [5, 5.41) is 0. The van der Waals surface area contributed by atoms with E-state index in [4.69, 9.17) is 0 Å². The first-order valence-electron chi connectivity index (χ1n) is 5.05. The fourth-order valence-corrected chi connectivity index (χ4v) is 1.66. The second kappa shape index (κ2) is 4.36. The molecule has 0 atom stereocenters. The summed E-state index contributed by atoms with van der Waals surface area (Å²) < 4.78 is 52.3. The van der Waals surface area contributed by atoms with Gasteiger partial charge in [-0.15, -0.1) is 0 Å². The highest BCUT2D eigenvalue weighted by molar-refractivity contribution is 5.61. The van der Waals surface area contributed by atoms with Crippen LogP contribution in [0.4, 0.5) is 17.6 Å². The molecule has 0 saturated heterocycles. The molecule has 94 valence electrons. The summed E-state index contributed by atoms with van der Waals surface area (Å²) in [6, 6.07) is 3.58. The van der Waals surface area contributed by atoms with Crippen molar-refractivity contribution in [3.05, 3.63) is 47.5 Å². The van der Waals surface area contributed by atoms with Gasteiger partial charge in [0.05, 0.1) is 5.56 Å². The number of nitrogens with zero attached hydrogens (tertiary/aromatic N) is 2. The van der Waals surface area contributed by atoms with Crippen LogP contribution in [-0.4, -0.2) is 9.97 Å². The molecule has 0 aliphatic carbocycles. The largest absolute Gasteiger partial charge is 0.418 e. The Morgan fingerprint density at radius 1 is 1.00 bits per heavy atom. The Hall–Kier alpha value is -1.98. The molecule has 2 nitrogen and oxygen atoms in total. The van der Waals surface area contributed by atoms with Crippen LogP contribution in [0.3, 0.4) is 0 Å². The van der Waals surface area contributed by atoms with Crippen molar-refractivity contribution >= 4 is 0 Å². The van der Waals surface area contributed by atoms with Crippen molar-refractivity contribution in [3.8, 4) is 11.4 Å². The van der Waals surface area contributed by atoms with E-state index in [0.717, 1.165) is 6.07 Å². The lowest BCUT2D eigenvalue weighted by molar-refractivity contribution is -0.137. The van der Waals surface area contributed by atoms with Crippen LogP contribution in [0.5, 0.6) is 0 Å². The van der Waals surface area contributed by atoms with Crippen LogP contribution in [0.25, 0.3) is 11.4 Å². The molecule has 2 aromatic heterocycles. The quantitative estimate of drug-likeness (QED) is 0.728. The van der Waals surface area contributed by atoms with E-state index in [1.54, 1.807) is 0 Å². The summed E-state index contributed by atoms with van der Waals surface area (Å²) in [5.41, 5.74) is -1.85. The van der Waals surface area contributed by atoms with Crippen molar-refractivity contribution in [3.63, 3.8) is 0 Å². The van der Waals surface area contributed by atoms with E-state index >= 15 is 0 Å². The number of rotatable bonds is 1. The van der Waals surface area contributed by atoms with E-state index in [-0.39, 0.29) is 5.56 Å². The van der Waals surface area contributed by atoms with Gasteiger partial charge in [-0.25, -0.2) is 4.39 Å². The topological polar surface area (TPSA) is 25.8 Å². The number of aromatic nitrogens is 2. The molecule has 2 aromatic rings. The second-order valence-corrected chi connectivity index (χ2v) is 3.68. The Morgan fingerprint density at radius 3 is 2.28 bits per heavy atom. The van der Waals surface area contributed by atoms with Gasteiger partial charge in [-0.2, -0.15) is 13.2 Å². The monoisotopic (exact) mass is 256 g/mol. The van der Waals surface area contributed by atoms with Gasteiger partial charge in [0.15, 0.2) is 5.82 Å². The van der Waals surface area contributed by atoms with Crippen LogP contribution < -0.4 is 0 Å². The fourth-order valence-electron chi connectivity index (χ4n) is 1.66. The highest BCUT2D eigenvalue weighted by Gasteiger charge is 2.37. The molecule has 0 fully saturated rings. The van der Waals surface area contributed by atoms with Gasteiger partial charge in [0.2, 0.25) is 0 Å². The summed E-state index contributed by atoms with van der Waals surface area (Å²) >= 11 is 0. The van der Waals surface area contributed by atoms with E-state index in [9.17, 15) is 17.6 Å². The first-order chi connectivity index (χ1) is 8.41. The predicted octanol–water partition coefficient (Wildman–Crippen LogP) is 3.61. The van der Waals surface area contributed by atoms with Crippen molar-refractivity contribution < 1.29 is 17.6 Å². The smallest absolute Gasteiger partial charge is 0.254 e. The van der Waals surface area contributed by atoms with E-state index in [1.165, 1.54) is 31.5 Å². The summed E-state index contributed by atoms with van der Waals surface area (Å²) in [7, 11) is 0. The lowest BCUT2D eigenvalue weighted by atomic mass is 10.0. The molecule has 18 heavy (non-hydrogen) atoms. The minimum absolute atomic E-state index is 0.0162. The molecule has 0 N–H and O–H groups in total. The molecule has 0 saturated carbocycles. The molecule has 0 aliphatic rings. The molecule has 2 heterocycles. The first kappa shape index (κ1) is 12.5. The molecule has 0 unspecified atom stereocenters. The lowest BCUT2D eigenvalue weighted by Crippen LogP contribution is -2.12. The second-order valence-electron chi connectivity index (χ2n) is 3.68. The average Bonchev–Trinajstić information content (AvgIpc) is 2.27. The van der Waals surface area contributed by atoms with Gasteiger partial charge in [0.1, 0.15) is 11.4 Å². The van der Waals surface area contributed by atoms with E-state index in [0.29, 0.717) is 0 Å². The first-order valence-corrected chi connectivity index (χ1v) is 5.05. The minimum Gasteiger partial charge on any atom is -0.254 e. The zero-order valence-electron chi connectivity index (χ0n) is 9.29. The standard InChI is InChI=1S/C12H8F4N2/c1-7-4-6-18-11(9(7)12(14,15)16)10-8(13)3-2-5-17-10/h2-6H,1H3. The van der Waals surface area contributed by atoms with Gasteiger partial charge in [-0.05, 0) is 30.7 Å². The Labute approximate surface area is 100 Å². The number of pyridine rings is 2. The van der Waals surface area contributed by atoms with Gasteiger partial charge in [-0.3, -0.25) is 9.97 Å². The summed E-state index contributed by atoms with van der Waals surface area (Å²) in [6.45, 7) is 1.30. The third-order valence-electron chi connectivity index (χ3n) is 2.43. The molecule has 6 heteroatoms. The zero-order chi connectivity index (χ0) is 13.3.